The van der Waals surface area contributed by atoms with Gasteiger partial charge < -0.3 is 14.8 Å². The minimum absolute atomic E-state index is 0.244. The lowest BCUT2D eigenvalue weighted by atomic mass is 9.82. The molecular weight excluding hydrogens is 418 g/mol. The first-order chi connectivity index (χ1) is 16.1. The molecule has 174 valence electrons. The molecule has 3 fully saturated rings. The van der Waals surface area contributed by atoms with E-state index in [9.17, 15) is 9.59 Å². The minimum atomic E-state index is -1.29. The Morgan fingerprint density at radius 3 is 1.79 bits per heavy atom. The minimum Gasteiger partial charge on any atom is -0.497 e. The molecule has 0 unspecified atom stereocenters. The average Bonchev–Trinajstić information content (AvgIpc) is 3.48. The van der Waals surface area contributed by atoms with Crippen LogP contribution in [0.5, 0.6) is 11.5 Å². The number of hydrogen-bond donors (Lipinski definition) is 1. The van der Waals surface area contributed by atoms with Gasteiger partial charge in [0.05, 0.1) is 20.9 Å². The summed E-state index contributed by atoms with van der Waals surface area (Å²) in [6.07, 6.45) is 7.00. The van der Waals surface area contributed by atoms with Crippen LogP contribution in [0.2, 0.25) is 0 Å². The van der Waals surface area contributed by atoms with Gasteiger partial charge in [-0.2, -0.15) is 0 Å². The van der Waals surface area contributed by atoms with Crippen molar-refractivity contribution in [2.24, 2.45) is 0 Å². The van der Waals surface area contributed by atoms with Crippen molar-refractivity contribution in [2.45, 2.75) is 56.1 Å². The maximum Gasteiger partial charge on any atom is 0.326 e. The Kier molecular flexibility index (Phi) is 5.74. The van der Waals surface area contributed by atoms with Crippen LogP contribution >= 0.6 is 0 Å². The van der Waals surface area contributed by atoms with Gasteiger partial charge >= 0.3 is 6.03 Å². The number of ether oxygens (including phenoxy) is 2. The van der Waals surface area contributed by atoms with E-state index in [1.165, 1.54) is 17.7 Å². The topological polar surface area (TPSA) is 71.1 Å². The van der Waals surface area contributed by atoms with E-state index < -0.39 is 5.54 Å². The fourth-order valence-electron chi connectivity index (χ4n) is 5.28. The molecule has 3 aliphatic rings. The first kappa shape index (κ1) is 21.8. The first-order valence-electron chi connectivity index (χ1n) is 11.8. The fourth-order valence-corrected chi connectivity index (χ4v) is 5.28. The van der Waals surface area contributed by atoms with E-state index in [-0.39, 0.29) is 11.9 Å². The Morgan fingerprint density at radius 1 is 0.848 bits per heavy atom. The van der Waals surface area contributed by atoms with Crippen molar-refractivity contribution in [3.8, 4) is 11.5 Å². The molecule has 1 heterocycles. The molecule has 2 aromatic rings. The molecule has 33 heavy (non-hydrogen) atoms. The molecule has 1 saturated heterocycles. The molecule has 7 nitrogen and oxygen atoms in total. The lowest BCUT2D eigenvalue weighted by molar-refractivity contribution is -0.132. The van der Waals surface area contributed by atoms with E-state index in [4.69, 9.17) is 9.47 Å². The number of imide groups is 1. The molecule has 0 atom stereocenters. The number of amides is 3. The fraction of sp³-hybridized carbons (Fsp3) is 0.462. The molecule has 5 rings (SSSR count). The zero-order valence-electron chi connectivity index (χ0n) is 19.3. The smallest absolute Gasteiger partial charge is 0.326 e. The van der Waals surface area contributed by atoms with Gasteiger partial charge in [0.2, 0.25) is 0 Å². The second-order valence-corrected chi connectivity index (χ2v) is 9.20. The second kappa shape index (κ2) is 8.71. The standard InChI is InChI=1S/C26H31N3O4/c1-32-22-13-7-18(8-14-22)26(19-9-15-23(33-2)16-10-19)24(30)29(25(31)27-26)17-28(21-11-12-21)20-5-3-4-6-20/h7-10,13-16,20-21H,3-6,11-12,17H2,1-2H3,(H,27,31). The van der Waals surface area contributed by atoms with Gasteiger partial charge in [-0.3, -0.25) is 9.69 Å². The van der Waals surface area contributed by atoms with Gasteiger partial charge in [0.25, 0.3) is 5.91 Å². The molecule has 0 bridgehead atoms. The lowest BCUT2D eigenvalue weighted by Crippen LogP contribution is -2.48. The van der Waals surface area contributed by atoms with Gasteiger partial charge in [0.15, 0.2) is 5.54 Å². The number of methoxy groups -OCH3 is 2. The number of urea groups is 1. The van der Waals surface area contributed by atoms with Gasteiger partial charge in [0, 0.05) is 12.1 Å². The quantitative estimate of drug-likeness (QED) is 0.620. The number of rotatable bonds is 8. The molecule has 1 N–H and O–H groups in total. The number of benzene rings is 2. The highest BCUT2D eigenvalue weighted by molar-refractivity contribution is 6.09. The van der Waals surface area contributed by atoms with Crippen LogP contribution in [0.4, 0.5) is 4.79 Å². The van der Waals surface area contributed by atoms with E-state index in [1.807, 2.05) is 48.5 Å². The summed E-state index contributed by atoms with van der Waals surface area (Å²) in [6, 6.07) is 15.2. The Labute approximate surface area is 194 Å². The average molecular weight is 450 g/mol. The normalized spacial score (nSPS) is 20.4. The van der Waals surface area contributed by atoms with Crippen LogP contribution in [0.15, 0.2) is 48.5 Å². The Balaban J connectivity index is 1.52. The molecule has 1 aliphatic heterocycles. The van der Waals surface area contributed by atoms with Gasteiger partial charge in [0.1, 0.15) is 11.5 Å². The molecule has 3 amide bonds. The molecule has 0 radical (unpaired) electrons. The van der Waals surface area contributed by atoms with Crippen LogP contribution in [0, 0.1) is 0 Å². The second-order valence-electron chi connectivity index (χ2n) is 9.20. The van der Waals surface area contributed by atoms with Crippen molar-refractivity contribution in [1.82, 2.24) is 15.1 Å². The van der Waals surface area contributed by atoms with Crippen molar-refractivity contribution >= 4 is 11.9 Å². The number of hydrogen-bond acceptors (Lipinski definition) is 5. The molecule has 7 heteroatoms. The Bertz CT molecular complexity index is 963. The summed E-state index contributed by atoms with van der Waals surface area (Å²) in [5.74, 6) is 1.14. The number of nitrogens with one attached hydrogen (secondary N) is 1. The van der Waals surface area contributed by atoms with Crippen LogP contribution in [0.3, 0.4) is 0 Å². The van der Waals surface area contributed by atoms with Crippen molar-refractivity contribution in [2.75, 3.05) is 20.9 Å². The Hall–Kier alpha value is -3.06. The largest absolute Gasteiger partial charge is 0.497 e. The maximum absolute atomic E-state index is 14.1. The van der Waals surface area contributed by atoms with Crippen molar-refractivity contribution < 1.29 is 19.1 Å². The van der Waals surface area contributed by atoms with Gasteiger partial charge in [-0.25, -0.2) is 9.69 Å². The molecule has 0 aromatic heterocycles. The Morgan fingerprint density at radius 2 is 1.33 bits per heavy atom. The summed E-state index contributed by atoms with van der Waals surface area (Å²) in [4.78, 5) is 31.2. The SMILES string of the molecule is COc1ccc(C2(c3ccc(OC)cc3)NC(=O)N(CN(C3CCCC3)C3CC3)C2=O)cc1. The van der Waals surface area contributed by atoms with Gasteiger partial charge in [-0.05, 0) is 61.1 Å². The lowest BCUT2D eigenvalue weighted by Gasteiger charge is -2.32. The van der Waals surface area contributed by atoms with Crippen LogP contribution in [-0.4, -0.2) is 54.7 Å². The highest BCUT2D eigenvalue weighted by atomic mass is 16.5. The summed E-state index contributed by atoms with van der Waals surface area (Å²) in [5.41, 5.74) is 0.113. The third-order valence-electron chi connectivity index (χ3n) is 7.27. The molecule has 0 spiro atoms. The summed E-state index contributed by atoms with van der Waals surface area (Å²) >= 11 is 0. The number of nitrogens with zero attached hydrogens (tertiary/aromatic N) is 2. The monoisotopic (exact) mass is 449 g/mol. The maximum atomic E-state index is 14.1. The van der Waals surface area contributed by atoms with E-state index in [2.05, 4.69) is 10.2 Å². The highest BCUT2D eigenvalue weighted by Gasteiger charge is 2.54. The third-order valence-corrected chi connectivity index (χ3v) is 7.27. The number of carbonyl (C=O) groups is 2. The summed E-state index contributed by atoms with van der Waals surface area (Å²) in [7, 11) is 3.21. The highest BCUT2D eigenvalue weighted by Crippen LogP contribution is 2.40. The van der Waals surface area contributed by atoms with Crippen LogP contribution in [0.25, 0.3) is 0 Å². The molecule has 2 saturated carbocycles. The van der Waals surface area contributed by atoms with Crippen LogP contribution < -0.4 is 14.8 Å². The summed E-state index contributed by atoms with van der Waals surface area (Å²) in [6.45, 7) is 0.341. The van der Waals surface area contributed by atoms with Crippen molar-refractivity contribution in [1.29, 1.82) is 0 Å². The van der Waals surface area contributed by atoms with E-state index in [1.54, 1.807) is 14.2 Å². The zero-order valence-corrected chi connectivity index (χ0v) is 19.3. The third kappa shape index (κ3) is 3.84. The zero-order chi connectivity index (χ0) is 23.0. The predicted molar refractivity (Wildman–Crippen MR) is 124 cm³/mol. The van der Waals surface area contributed by atoms with E-state index in [0.29, 0.717) is 41.4 Å². The molecular formula is C26H31N3O4. The predicted octanol–water partition coefficient (Wildman–Crippen LogP) is 3.86. The van der Waals surface area contributed by atoms with Crippen LogP contribution in [-0.2, 0) is 10.3 Å². The van der Waals surface area contributed by atoms with Gasteiger partial charge in [-0.1, -0.05) is 37.1 Å². The van der Waals surface area contributed by atoms with Crippen molar-refractivity contribution in [3.63, 3.8) is 0 Å². The first-order valence-corrected chi connectivity index (χ1v) is 11.8. The van der Waals surface area contributed by atoms with Crippen molar-refractivity contribution in [3.05, 3.63) is 59.7 Å². The molecule has 2 aromatic carbocycles. The van der Waals surface area contributed by atoms with E-state index >= 15 is 0 Å². The van der Waals surface area contributed by atoms with E-state index in [0.717, 1.165) is 25.7 Å². The van der Waals surface area contributed by atoms with Crippen LogP contribution in [0.1, 0.15) is 49.7 Å². The summed E-state index contributed by atoms with van der Waals surface area (Å²) < 4.78 is 10.6. The number of carbonyl (C=O) groups excluding carboxylic acids is 2. The molecule has 2 aliphatic carbocycles. The van der Waals surface area contributed by atoms with Gasteiger partial charge in [-0.15, -0.1) is 0 Å². The summed E-state index contributed by atoms with van der Waals surface area (Å²) in [5, 5.41) is 3.06.